The Morgan fingerprint density at radius 2 is 2.11 bits per heavy atom. The molecule has 5 heteroatoms. The first-order valence-electron chi connectivity index (χ1n) is 6.57. The molecule has 0 saturated carbocycles. The number of anilines is 1. The number of nitrogen functional groups attached to an aromatic ring is 1. The lowest BCUT2D eigenvalue weighted by Crippen LogP contribution is -2.37. The van der Waals surface area contributed by atoms with Gasteiger partial charge in [0.05, 0.1) is 11.9 Å². The number of carbonyl (C=O) groups excluding carboxylic acids is 1. The maximum Gasteiger partial charge on any atom is 0.274 e. The van der Waals surface area contributed by atoms with E-state index in [0.29, 0.717) is 17.9 Å². The molecule has 1 aliphatic heterocycles. The number of hydrogen-bond acceptors (Lipinski definition) is 3. The molecule has 0 spiro atoms. The zero-order valence-corrected chi connectivity index (χ0v) is 12.1. The lowest BCUT2D eigenvalue weighted by atomic mass is 9.83. The second kappa shape index (κ2) is 4.72. The highest BCUT2D eigenvalue weighted by Crippen LogP contribution is 2.30. The van der Waals surface area contributed by atoms with Crippen LogP contribution in [0.3, 0.4) is 0 Å². The molecular formula is C14H22N4O. The van der Waals surface area contributed by atoms with Gasteiger partial charge in [0.15, 0.2) is 0 Å². The minimum absolute atomic E-state index is 0.0401. The summed E-state index contributed by atoms with van der Waals surface area (Å²) in [6.07, 6.45) is 4.61. The van der Waals surface area contributed by atoms with Crippen LogP contribution in [-0.2, 0) is 7.05 Å². The average Bonchev–Trinajstić information content (AvgIpc) is 2.67. The van der Waals surface area contributed by atoms with Crippen molar-refractivity contribution in [1.82, 2.24) is 14.7 Å². The van der Waals surface area contributed by atoms with Gasteiger partial charge in [-0.1, -0.05) is 32.4 Å². The summed E-state index contributed by atoms with van der Waals surface area (Å²) in [4.78, 5) is 14.2. The van der Waals surface area contributed by atoms with Crippen LogP contribution in [0.5, 0.6) is 0 Å². The molecule has 19 heavy (non-hydrogen) atoms. The fourth-order valence-electron chi connectivity index (χ4n) is 2.40. The number of amides is 1. The van der Waals surface area contributed by atoms with Crippen LogP contribution in [0.2, 0.25) is 0 Å². The number of aryl methyl sites for hydroxylation is 1. The molecule has 0 saturated heterocycles. The van der Waals surface area contributed by atoms with Gasteiger partial charge >= 0.3 is 0 Å². The Balaban J connectivity index is 2.15. The summed E-state index contributed by atoms with van der Waals surface area (Å²) < 4.78 is 1.54. The third-order valence-corrected chi connectivity index (χ3v) is 3.63. The maximum atomic E-state index is 12.4. The van der Waals surface area contributed by atoms with Gasteiger partial charge in [0.25, 0.3) is 5.91 Å². The van der Waals surface area contributed by atoms with E-state index in [9.17, 15) is 4.79 Å². The van der Waals surface area contributed by atoms with Crippen molar-refractivity contribution in [1.29, 1.82) is 0 Å². The summed E-state index contributed by atoms with van der Waals surface area (Å²) in [5.74, 6) is -0.0401. The normalized spacial score (nSPS) is 16.4. The molecule has 0 atom stereocenters. The zero-order valence-electron chi connectivity index (χ0n) is 12.1. The number of carbonyl (C=O) groups is 1. The fraction of sp³-hybridized carbons (Fsp3) is 0.571. The van der Waals surface area contributed by atoms with E-state index >= 15 is 0 Å². The van der Waals surface area contributed by atoms with Crippen LogP contribution in [0, 0.1) is 5.41 Å². The van der Waals surface area contributed by atoms with Crippen LogP contribution in [-0.4, -0.2) is 33.7 Å². The molecule has 0 unspecified atom stereocenters. The minimum Gasteiger partial charge on any atom is -0.396 e. The van der Waals surface area contributed by atoms with Crippen molar-refractivity contribution in [2.24, 2.45) is 12.5 Å². The van der Waals surface area contributed by atoms with E-state index in [1.807, 2.05) is 4.90 Å². The average molecular weight is 262 g/mol. The number of nitrogens with zero attached hydrogens (tertiary/aromatic N) is 3. The van der Waals surface area contributed by atoms with Crippen molar-refractivity contribution in [2.75, 3.05) is 18.8 Å². The molecule has 1 amide bonds. The first-order valence-corrected chi connectivity index (χ1v) is 6.57. The molecule has 0 aliphatic carbocycles. The fourth-order valence-corrected chi connectivity index (χ4v) is 2.40. The highest BCUT2D eigenvalue weighted by atomic mass is 16.2. The summed E-state index contributed by atoms with van der Waals surface area (Å²) in [5, 5.41) is 4.02. The minimum atomic E-state index is -0.0401. The molecule has 104 valence electrons. The van der Waals surface area contributed by atoms with Gasteiger partial charge in [0.2, 0.25) is 0 Å². The van der Waals surface area contributed by atoms with Crippen molar-refractivity contribution in [2.45, 2.75) is 27.2 Å². The summed E-state index contributed by atoms with van der Waals surface area (Å²) >= 11 is 0. The third-order valence-electron chi connectivity index (χ3n) is 3.63. The van der Waals surface area contributed by atoms with Gasteiger partial charge in [-0.3, -0.25) is 9.48 Å². The quantitative estimate of drug-likeness (QED) is 0.785. The SMILES string of the molecule is Cn1ncc(N)c1C(=O)N1CC=C(C(C)(C)C)CC1. The molecule has 1 aromatic rings. The van der Waals surface area contributed by atoms with Crippen LogP contribution in [0.4, 0.5) is 5.69 Å². The van der Waals surface area contributed by atoms with Gasteiger partial charge in [-0.05, 0) is 11.8 Å². The second-order valence-corrected chi connectivity index (χ2v) is 6.05. The second-order valence-electron chi connectivity index (χ2n) is 6.05. The van der Waals surface area contributed by atoms with Crippen LogP contribution < -0.4 is 5.73 Å². The van der Waals surface area contributed by atoms with Crippen LogP contribution in [0.1, 0.15) is 37.7 Å². The molecule has 2 N–H and O–H groups in total. The molecule has 5 nitrogen and oxygen atoms in total. The van der Waals surface area contributed by atoms with Crippen molar-refractivity contribution >= 4 is 11.6 Å². The number of nitrogens with two attached hydrogens (primary N) is 1. The molecule has 1 aliphatic rings. The Labute approximate surface area is 114 Å². The van der Waals surface area contributed by atoms with Crippen molar-refractivity contribution in [3.8, 4) is 0 Å². The largest absolute Gasteiger partial charge is 0.396 e. The predicted molar refractivity (Wildman–Crippen MR) is 75.7 cm³/mol. The highest BCUT2D eigenvalue weighted by molar-refractivity contribution is 5.97. The van der Waals surface area contributed by atoms with E-state index < -0.39 is 0 Å². The van der Waals surface area contributed by atoms with Crippen LogP contribution >= 0.6 is 0 Å². The first kappa shape index (κ1) is 13.6. The molecule has 1 aromatic heterocycles. The highest BCUT2D eigenvalue weighted by Gasteiger charge is 2.26. The van der Waals surface area contributed by atoms with Crippen molar-refractivity contribution < 1.29 is 4.79 Å². The summed E-state index contributed by atoms with van der Waals surface area (Å²) in [6.45, 7) is 8.00. The lowest BCUT2D eigenvalue weighted by Gasteiger charge is -2.32. The number of rotatable bonds is 1. The summed E-state index contributed by atoms with van der Waals surface area (Å²) in [7, 11) is 1.74. The van der Waals surface area contributed by atoms with E-state index in [1.54, 1.807) is 11.7 Å². The van der Waals surface area contributed by atoms with E-state index in [0.717, 1.165) is 13.0 Å². The Hall–Kier alpha value is -1.78. The molecule has 2 heterocycles. The van der Waals surface area contributed by atoms with E-state index in [-0.39, 0.29) is 11.3 Å². The molecule has 0 fully saturated rings. The smallest absolute Gasteiger partial charge is 0.274 e. The summed E-state index contributed by atoms with van der Waals surface area (Å²) in [6, 6.07) is 0. The van der Waals surface area contributed by atoms with Gasteiger partial charge < -0.3 is 10.6 Å². The Morgan fingerprint density at radius 1 is 1.42 bits per heavy atom. The lowest BCUT2D eigenvalue weighted by molar-refractivity contribution is 0.0755. The number of aromatic nitrogens is 2. The van der Waals surface area contributed by atoms with Crippen molar-refractivity contribution in [3.05, 3.63) is 23.5 Å². The van der Waals surface area contributed by atoms with E-state index in [1.165, 1.54) is 11.8 Å². The van der Waals surface area contributed by atoms with Gasteiger partial charge in [0.1, 0.15) is 5.69 Å². The molecule has 2 rings (SSSR count). The number of hydrogen-bond donors (Lipinski definition) is 1. The molecule has 0 radical (unpaired) electrons. The Bertz CT molecular complexity index is 503. The summed E-state index contributed by atoms with van der Waals surface area (Å²) in [5.41, 5.74) is 8.31. The van der Waals surface area contributed by atoms with Gasteiger partial charge in [0, 0.05) is 20.1 Å². The first-order chi connectivity index (χ1) is 8.80. The molecule has 0 aromatic carbocycles. The zero-order chi connectivity index (χ0) is 14.2. The van der Waals surface area contributed by atoms with Crippen LogP contribution in [0.15, 0.2) is 17.8 Å². The third kappa shape index (κ3) is 2.64. The predicted octanol–water partition coefficient (Wildman–Crippen LogP) is 1.82. The Kier molecular flexibility index (Phi) is 3.39. The maximum absolute atomic E-state index is 12.4. The van der Waals surface area contributed by atoms with Crippen LogP contribution in [0.25, 0.3) is 0 Å². The van der Waals surface area contributed by atoms with Gasteiger partial charge in [-0.2, -0.15) is 5.10 Å². The van der Waals surface area contributed by atoms with Gasteiger partial charge in [-0.15, -0.1) is 0 Å². The van der Waals surface area contributed by atoms with Crippen molar-refractivity contribution in [3.63, 3.8) is 0 Å². The Morgan fingerprint density at radius 3 is 2.53 bits per heavy atom. The molecule has 0 bridgehead atoms. The molecular weight excluding hydrogens is 240 g/mol. The standard InChI is InChI=1S/C14H22N4O/c1-14(2,3)10-5-7-18(8-6-10)13(19)12-11(15)9-16-17(12)4/h5,9H,6-8,15H2,1-4H3. The van der Waals surface area contributed by atoms with E-state index in [4.69, 9.17) is 5.73 Å². The van der Waals surface area contributed by atoms with E-state index in [2.05, 4.69) is 31.9 Å². The van der Waals surface area contributed by atoms with Gasteiger partial charge in [-0.25, -0.2) is 0 Å². The topological polar surface area (TPSA) is 64.2 Å². The monoisotopic (exact) mass is 262 g/mol.